The number of hydrogen-bond acceptors (Lipinski definition) is 2. The van der Waals surface area contributed by atoms with Crippen molar-refractivity contribution in [3.05, 3.63) is 23.8 Å². The molecule has 1 fully saturated rings. The maximum atomic E-state index is 5.85. The fourth-order valence-corrected chi connectivity index (χ4v) is 2.92. The van der Waals surface area contributed by atoms with Gasteiger partial charge >= 0.3 is 0 Å². The van der Waals surface area contributed by atoms with Crippen molar-refractivity contribution in [1.29, 1.82) is 0 Å². The van der Waals surface area contributed by atoms with E-state index in [0.29, 0.717) is 0 Å². The molecule has 1 aromatic carbocycles. The lowest BCUT2D eigenvalue weighted by Crippen LogP contribution is -2.21. The van der Waals surface area contributed by atoms with Crippen LogP contribution in [0.5, 0.6) is 0 Å². The van der Waals surface area contributed by atoms with Crippen molar-refractivity contribution in [2.45, 2.75) is 39.5 Å². The molecule has 0 radical (unpaired) electrons. The first-order valence-electron chi connectivity index (χ1n) is 6.74. The summed E-state index contributed by atoms with van der Waals surface area (Å²) in [5, 5.41) is 3.54. The zero-order valence-corrected chi connectivity index (χ0v) is 11.0. The van der Waals surface area contributed by atoms with Gasteiger partial charge in [-0.25, -0.2) is 0 Å². The van der Waals surface area contributed by atoms with E-state index in [1.165, 1.54) is 36.9 Å². The van der Waals surface area contributed by atoms with E-state index in [-0.39, 0.29) is 0 Å². The van der Waals surface area contributed by atoms with Crippen LogP contribution in [0.4, 0.5) is 11.4 Å². The van der Waals surface area contributed by atoms with Crippen LogP contribution in [-0.2, 0) is 0 Å². The largest absolute Gasteiger partial charge is 0.399 e. The van der Waals surface area contributed by atoms with E-state index in [0.717, 1.165) is 24.1 Å². The highest BCUT2D eigenvalue weighted by atomic mass is 14.9. The van der Waals surface area contributed by atoms with Crippen molar-refractivity contribution in [3.63, 3.8) is 0 Å². The standard InChI is InChI=1S/C15H24N2/c1-11-4-3-5-13(6-11)10-17-15-8-12(2)7-14(16)9-15/h7-9,11,13,17H,3-6,10,16H2,1-2H3. The Hall–Kier alpha value is -1.18. The average molecular weight is 232 g/mol. The van der Waals surface area contributed by atoms with Gasteiger partial charge in [-0.3, -0.25) is 0 Å². The molecule has 17 heavy (non-hydrogen) atoms. The van der Waals surface area contributed by atoms with Gasteiger partial charge in [-0.1, -0.05) is 19.8 Å². The smallest absolute Gasteiger partial charge is 0.0363 e. The van der Waals surface area contributed by atoms with Crippen LogP contribution in [0.25, 0.3) is 0 Å². The van der Waals surface area contributed by atoms with E-state index >= 15 is 0 Å². The number of aryl methyl sites for hydroxylation is 1. The molecule has 0 amide bonds. The van der Waals surface area contributed by atoms with E-state index in [9.17, 15) is 0 Å². The average Bonchev–Trinajstić information content (AvgIpc) is 2.25. The Morgan fingerprint density at radius 1 is 1.29 bits per heavy atom. The number of hydrogen-bond donors (Lipinski definition) is 2. The normalized spacial score (nSPS) is 24.6. The van der Waals surface area contributed by atoms with Crippen LogP contribution in [0.3, 0.4) is 0 Å². The van der Waals surface area contributed by atoms with Crippen molar-refractivity contribution in [2.75, 3.05) is 17.6 Å². The molecule has 1 saturated carbocycles. The molecule has 1 aliphatic carbocycles. The highest BCUT2D eigenvalue weighted by molar-refractivity contribution is 5.56. The molecule has 1 aliphatic rings. The molecule has 2 rings (SSSR count). The van der Waals surface area contributed by atoms with Gasteiger partial charge in [-0.05, 0) is 55.4 Å². The van der Waals surface area contributed by atoms with Gasteiger partial charge in [-0.2, -0.15) is 0 Å². The van der Waals surface area contributed by atoms with E-state index in [1.54, 1.807) is 0 Å². The molecule has 0 aromatic heterocycles. The molecule has 0 saturated heterocycles. The number of nitrogens with one attached hydrogen (secondary N) is 1. The maximum absolute atomic E-state index is 5.85. The highest BCUT2D eigenvalue weighted by Crippen LogP contribution is 2.29. The van der Waals surface area contributed by atoms with Gasteiger partial charge in [0.15, 0.2) is 0 Å². The maximum Gasteiger partial charge on any atom is 0.0363 e. The van der Waals surface area contributed by atoms with Crippen molar-refractivity contribution in [3.8, 4) is 0 Å². The highest BCUT2D eigenvalue weighted by Gasteiger charge is 2.18. The summed E-state index contributed by atoms with van der Waals surface area (Å²) in [5.41, 5.74) is 9.10. The second kappa shape index (κ2) is 5.44. The Morgan fingerprint density at radius 3 is 2.82 bits per heavy atom. The van der Waals surface area contributed by atoms with Gasteiger partial charge in [0.05, 0.1) is 0 Å². The Morgan fingerprint density at radius 2 is 2.12 bits per heavy atom. The lowest BCUT2D eigenvalue weighted by atomic mass is 9.82. The SMILES string of the molecule is Cc1cc(N)cc(NCC2CCCC(C)C2)c1. The molecule has 0 aliphatic heterocycles. The van der Waals surface area contributed by atoms with Gasteiger partial charge in [0.2, 0.25) is 0 Å². The fourth-order valence-electron chi connectivity index (χ4n) is 2.92. The van der Waals surface area contributed by atoms with E-state index in [4.69, 9.17) is 5.73 Å². The Bertz CT molecular complexity index is 353. The minimum Gasteiger partial charge on any atom is -0.399 e. The third-order valence-electron chi connectivity index (χ3n) is 3.74. The number of nitrogens with two attached hydrogens (primary N) is 1. The predicted molar refractivity (Wildman–Crippen MR) is 75.2 cm³/mol. The van der Waals surface area contributed by atoms with Crippen LogP contribution >= 0.6 is 0 Å². The second-order valence-electron chi connectivity index (χ2n) is 5.65. The van der Waals surface area contributed by atoms with Crippen LogP contribution in [-0.4, -0.2) is 6.54 Å². The Balaban J connectivity index is 1.88. The van der Waals surface area contributed by atoms with Gasteiger partial charge in [-0.15, -0.1) is 0 Å². The minimum atomic E-state index is 0.834. The molecule has 0 heterocycles. The zero-order chi connectivity index (χ0) is 12.3. The monoisotopic (exact) mass is 232 g/mol. The first kappa shape index (κ1) is 12.3. The summed E-state index contributed by atoms with van der Waals surface area (Å²) in [6.45, 7) is 5.55. The minimum absolute atomic E-state index is 0.834. The van der Waals surface area contributed by atoms with Gasteiger partial charge < -0.3 is 11.1 Å². The van der Waals surface area contributed by atoms with Gasteiger partial charge in [0, 0.05) is 17.9 Å². The summed E-state index contributed by atoms with van der Waals surface area (Å²) in [6.07, 6.45) is 5.55. The zero-order valence-electron chi connectivity index (χ0n) is 11.0. The van der Waals surface area contributed by atoms with Crippen molar-refractivity contribution in [2.24, 2.45) is 11.8 Å². The van der Waals surface area contributed by atoms with Crippen LogP contribution in [0, 0.1) is 18.8 Å². The first-order chi connectivity index (χ1) is 8.13. The third kappa shape index (κ3) is 3.65. The van der Waals surface area contributed by atoms with E-state index in [1.807, 2.05) is 12.1 Å². The fraction of sp³-hybridized carbons (Fsp3) is 0.600. The van der Waals surface area contributed by atoms with Crippen LogP contribution in [0.1, 0.15) is 38.2 Å². The third-order valence-corrected chi connectivity index (χ3v) is 3.74. The van der Waals surface area contributed by atoms with Gasteiger partial charge in [0.1, 0.15) is 0 Å². The number of rotatable bonds is 3. The molecule has 0 spiro atoms. The predicted octanol–water partition coefficient (Wildman–Crippen LogP) is 3.82. The lowest BCUT2D eigenvalue weighted by molar-refractivity contribution is 0.293. The molecule has 1 aromatic rings. The van der Waals surface area contributed by atoms with Crippen molar-refractivity contribution in [1.82, 2.24) is 0 Å². The Kier molecular flexibility index (Phi) is 3.93. The van der Waals surface area contributed by atoms with Crippen molar-refractivity contribution < 1.29 is 0 Å². The Labute approximate surface area is 105 Å². The summed E-state index contributed by atoms with van der Waals surface area (Å²) in [7, 11) is 0. The summed E-state index contributed by atoms with van der Waals surface area (Å²) in [5.74, 6) is 1.73. The molecule has 94 valence electrons. The van der Waals surface area contributed by atoms with Crippen LogP contribution in [0.15, 0.2) is 18.2 Å². The molecule has 2 heteroatoms. The topological polar surface area (TPSA) is 38.0 Å². The van der Waals surface area contributed by atoms with E-state index in [2.05, 4.69) is 25.2 Å². The van der Waals surface area contributed by atoms with Crippen LogP contribution < -0.4 is 11.1 Å². The molecule has 2 nitrogen and oxygen atoms in total. The number of nitrogen functional groups attached to an aromatic ring is 1. The van der Waals surface area contributed by atoms with E-state index < -0.39 is 0 Å². The molecular formula is C15H24N2. The molecule has 2 unspecified atom stereocenters. The summed E-state index contributed by atoms with van der Waals surface area (Å²) in [4.78, 5) is 0. The lowest BCUT2D eigenvalue weighted by Gasteiger charge is -2.27. The molecule has 3 N–H and O–H groups in total. The molecule has 2 atom stereocenters. The summed E-state index contributed by atoms with van der Waals surface area (Å²) in [6, 6.07) is 6.20. The molecule has 0 bridgehead atoms. The summed E-state index contributed by atoms with van der Waals surface area (Å²) < 4.78 is 0. The second-order valence-corrected chi connectivity index (χ2v) is 5.65. The van der Waals surface area contributed by atoms with Gasteiger partial charge in [0.25, 0.3) is 0 Å². The number of anilines is 2. The van der Waals surface area contributed by atoms with Crippen LogP contribution in [0.2, 0.25) is 0 Å². The molecular weight excluding hydrogens is 208 g/mol. The van der Waals surface area contributed by atoms with Crippen molar-refractivity contribution >= 4 is 11.4 Å². The first-order valence-corrected chi connectivity index (χ1v) is 6.74. The quantitative estimate of drug-likeness (QED) is 0.778. The summed E-state index contributed by atoms with van der Waals surface area (Å²) >= 11 is 0. The number of benzene rings is 1.